The van der Waals surface area contributed by atoms with Crippen molar-refractivity contribution in [3.8, 4) is 5.75 Å². The van der Waals surface area contributed by atoms with E-state index in [-0.39, 0.29) is 24.2 Å². The van der Waals surface area contributed by atoms with Crippen LogP contribution in [0.1, 0.15) is 35.7 Å². The van der Waals surface area contributed by atoms with Crippen LogP contribution in [-0.2, 0) is 0 Å². The first kappa shape index (κ1) is 18.7. The van der Waals surface area contributed by atoms with Gasteiger partial charge in [-0.2, -0.15) is 5.10 Å². The van der Waals surface area contributed by atoms with E-state index in [4.69, 9.17) is 9.84 Å². The summed E-state index contributed by atoms with van der Waals surface area (Å²) in [5, 5.41) is 10.8. The fourth-order valence-corrected chi connectivity index (χ4v) is 5.78. The summed E-state index contributed by atoms with van der Waals surface area (Å²) in [6, 6.07) is 10.8. The lowest BCUT2D eigenvalue weighted by atomic mass is 9.92. The Morgan fingerprint density at radius 1 is 1.19 bits per heavy atom. The Labute approximate surface area is 179 Å². The zero-order valence-corrected chi connectivity index (χ0v) is 18.7. The highest BCUT2D eigenvalue weighted by Crippen LogP contribution is 2.50. The third kappa shape index (κ3) is 3.02. The lowest BCUT2D eigenvalue weighted by Gasteiger charge is -2.49. The van der Waals surface area contributed by atoms with E-state index in [1.54, 1.807) is 11.3 Å². The van der Waals surface area contributed by atoms with Gasteiger partial charge in [0.15, 0.2) is 0 Å². The van der Waals surface area contributed by atoms with E-state index in [0.717, 1.165) is 52.1 Å². The average Bonchev–Trinajstić information content (AvgIpc) is 3.24. The fourth-order valence-electron chi connectivity index (χ4n) is 4.02. The Kier molecular flexibility index (Phi) is 5.11. The van der Waals surface area contributed by atoms with Crippen molar-refractivity contribution in [3.05, 3.63) is 49.0 Å². The highest BCUT2D eigenvalue weighted by molar-refractivity contribution is 9.11. The van der Waals surface area contributed by atoms with Crippen LogP contribution in [0.4, 0.5) is 0 Å². The predicted molar refractivity (Wildman–Crippen MR) is 115 cm³/mol. The highest BCUT2D eigenvalue weighted by atomic mass is 79.9. The van der Waals surface area contributed by atoms with Gasteiger partial charge >= 0.3 is 0 Å². The van der Waals surface area contributed by atoms with Gasteiger partial charge in [-0.25, -0.2) is 5.01 Å². The number of halogens is 3. The molecule has 1 aromatic carbocycles. The summed E-state index contributed by atoms with van der Waals surface area (Å²) >= 11 is 8.93. The van der Waals surface area contributed by atoms with E-state index in [1.165, 1.54) is 10.4 Å². The number of rotatable bonds is 1. The number of hydrazone groups is 1. The first-order valence-corrected chi connectivity index (χ1v) is 10.9. The Morgan fingerprint density at radius 3 is 2.73 bits per heavy atom. The SMILES string of the molecule is Brc1ccc2c(c1)C1CC(c3ccc(Br)s3)=NN1C1(CCNCC1)O2.Cl. The summed E-state index contributed by atoms with van der Waals surface area (Å²) in [6.07, 6.45) is 2.82. The second-order valence-electron chi connectivity index (χ2n) is 6.70. The maximum Gasteiger partial charge on any atom is 0.200 e. The lowest BCUT2D eigenvalue weighted by molar-refractivity contribution is -0.136. The van der Waals surface area contributed by atoms with Gasteiger partial charge in [0.05, 0.1) is 20.4 Å². The molecule has 4 nitrogen and oxygen atoms in total. The molecule has 1 aromatic heterocycles. The van der Waals surface area contributed by atoms with Crippen LogP contribution in [0.5, 0.6) is 5.75 Å². The van der Waals surface area contributed by atoms with Gasteiger partial charge in [-0.15, -0.1) is 23.7 Å². The van der Waals surface area contributed by atoms with Gasteiger partial charge in [-0.05, 0) is 46.3 Å². The number of nitrogens with one attached hydrogen (secondary N) is 1. The van der Waals surface area contributed by atoms with Crippen molar-refractivity contribution < 1.29 is 4.74 Å². The normalized spacial score (nSPS) is 22.9. The largest absolute Gasteiger partial charge is 0.466 e. The van der Waals surface area contributed by atoms with Crippen LogP contribution < -0.4 is 10.1 Å². The lowest BCUT2D eigenvalue weighted by Crippen LogP contribution is -2.58. The summed E-state index contributed by atoms with van der Waals surface area (Å²) in [5.41, 5.74) is 2.07. The Hall–Kier alpha value is -0.600. The van der Waals surface area contributed by atoms with Crippen molar-refractivity contribution in [2.75, 3.05) is 13.1 Å². The highest BCUT2D eigenvalue weighted by Gasteiger charge is 2.51. The van der Waals surface area contributed by atoms with E-state index in [2.05, 4.69) is 72.5 Å². The summed E-state index contributed by atoms with van der Waals surface area (Å²) in [7, 11) is 0. The van der Waals surface area contributed by atoms with Crippen LogP contribution in [0.2, 0.25) is 0 Å². The maximum absolute atomic E-state index is 6.57. The quantitative estimate of drug-likeness (QED) is 0.554. The smallest absolute Gasteiger partial charge is 0.200 e. The predicted octanol–water partition coefficient (Wildman–Crippen LogP) is 5.32. The van der Waals surface area contributed by atoms with Crippen molar-refractivity contribution in [2.24, 2.45) is 5.10 Å². The second-order valence-corrected chi connectivity index (χ2v) is 10.1. The molecule has 8 heteroatoms. The topological polar surface area (TPSA) is 36.9 Å². The van der Waals surface area contributed by atoms with Crippen molar-refractivity contribution in [1.29, 1.82) is 0 Å². The first-order valence-electron chi connectivity index (χ1n) is 8.46. The number of nitrogens with zero attached hydrogens (tertiary/aromatic N) is 2. The van der Waals surface area contributed by atoms with E-state index in [9.17, 15) is 0 Å². The molecule has 0 amide bonds. The molecule has 4 heterocycles. The third-order valence-electron chi connectivity index (χ3n) is 5.20. The van der Waals surface area contributed by atoms with E-state index < -0.39 is 0 Å². The molecule has 3 aliphatic rings. The van der Waals surface area contributed by atoms with Gasteiger partial charge < -0.3 is 10.1 Å². The fraction of sp³-hybridized carbons (Fsp3) is 0.389. The molecule has 1 unspecified atom stereocenters. The van der Waals surface area contributed by atoms with Gasteiger partial charge in [0.1, 0.15) is 5.75 Å². The van der Waals surface area contributed by atoms with E-state index in [1.807, 2.05) is 0 Å². The number of fused-ring (bicyclic) bond motifs is 4. The number of thiophene rings is 1. The van der Waals surface area contributed by atoms with Crippen LogP contribution in [0, 0.1) is 0 Å². The average molecular weight is 520 g/mol. The molecule has 0 bridgehead atoms. The second kappa shape index (κ2) is 7.09. The molecule has 0 radical (unpaired) electrons. The van der Waals surface area contributed by atoms with Gasteiger partial charge in [0.2, 0.25) is 5.72 Å². The van der Waals surface area contributed by atoms with Crippen molar-refractivity contribution in [1.82, 2.24) is 10.3 Å². The molecule has 1 N–H and O–H groups in total. The Morgan fingerprint density at radius 2 is 2.00 bits per heavy atom. The monoisotopic (exact) mass is 517 g/mol. The van der Waals surface area contributed by atoms with Crippen LogP contribution in [0.3, 0.4) is 0 Å². The molecule has 1 saturated heterocycles. The third-order valence-corrected chi connectivity index (χ3v) is 7.37. The maximum atomic E-state index is 6.57. The molecule has 1 fully saturated rings. The minimum absolute atomic E-state index is 0. The molecule has 26 heavy (non-hydrogen) atoms. The van der Waals surface area contributed by atoms with Crippen molar-refractivity contribution in [3.63, 3.8) is 0 Å². The summed E-state index contributed by atoms with van der Waals surface area (Å²) in [4.78, 5) is 1.24. The van der Waals surface area contributed by atoms with E-state index in [0.29, 0.717) is 0 Å². The molecule has 0 aliphatic carbocycles. The molecule has 0 saturated carbocycles. The molecular formula is C18H18Br2ClN3OS. The van der Waals surface area contributed by atoms with Crippen LogP contribution in [-0.4, -0.2) is 29.5 Å². The van der Waals surface area contributed by atoms with Gasteiger partial charge in [0.25, 0.3) is 0 Å². The number of ether oxygens (including phenoxy) is 1. The van der Waals surface area contributed by atoms with Crippen molar-refractivity contribution in [2.45, 2.75) is 31.0 Å². The summed E-state index contributed by atoms with van der Waals surface area (Å²) < 4.78 is 8.80. The number of piperidine rings is 1. The number of hydrogen-bond donors (Lipinski definition) is 1. The molecule has 1 atom stereocenters. The summed E-state index contributed by atoms with van der Waals surface area (Å²) in [5.74, 6) is 1.01. The van der Waals surface area contributed by atoms with Gasteiger partial charge in [-0.3, -0.25) is 0 Å². The Balaban J connectivity index is 0.00000168. The zero-order valence-electron chi connectivity index (χ0n) is 13.9. The molecule has 3 aliphatic heterocycles. The Bertz CT molecular complexity index is 866. The standard InChI is InChI=1S/C18H17Br2N3OS.ClH/c19-11-1-2-15-12(9-11)14-10-13(16-3-4-17(20)25-16)22-23(14)18(24-15)5-7-21-8-6-18;/h1-4,9,14,21H,5-8,10H2;1H. The molecule has 1 spiro atoms. The van der Waals surface area contributed by atoms with Gasteiger partial charge in [-0.1, -0.05) is 15.9 Å². The molecule has 5 rings (SSSR count). The molecule has 2 aromatic rings. The first-order chi connectivity index (χ1) is 12.1. The van der Waals surface area contributed by atoms with Gasteiger partial charge in [0, 0.05) is 42.4 Å². The zero-order chi connectivity index (χ0) is 17.0. The minimum atomic E-state index is -0.326. The van der Waals surface area contributed by atoms with Crippen LogP contribution in [0.25, 0.3) is 0 Å². The molecular weight excluding hydrogens is 502 g/mol. The number of benzene rings is 1. The van der Waals surface area contributed by atoms with Crippen molar-refractivity contribution >= 4 is 61.3 Å². The minimum Gasteiger partial charge on any atom is -0.466 e. The number of hydrogen-bond acceptors (Lipinski definition) is 5. The van der Waals surface area contributed by atoms with Crippen LogP contribution in [0.15, 0.2) is 43.7 Å². The molecule has 138 valence electrons. The van der Waals surface area contributed by atoms with Crippen LogP contribution >= 0.6 is 55.6 Å². The summed E-state index contributed by atoms with van der Waals surface area (Å²) in [6.45, 7) is 1.93. The van der Waals surface area contributed by atoms with E-state index >= 15 is 0 Å².